The van der Waals surface area contributed by atoms with Crippen molar-refractivity contribution in [3.63, 3.8) is 0 Å². The highest BCUT2D eigenvalue weighted by atomic mass is 32.1. The Bertz CT molecular complexity index is 680. The van der Waals surface area contributed by atoms with Gasteiger partial charge in [-0.1, -0.05) is 0 Å². The molecule has 3 rings (SSSR count). The van der Waals surface area contributed by atoms with Crippen LogP contribution in [0.1, 0.15) is 43.8 Å². The zero-order valence-electron chi connectivity index (χ0n) is 13.6. The van der Waals surface area contributed by atoms with E-state index in [2.05, 4.69) is 44.8 Å². The number of aryl methyl sites for hydroxylation is 2. The van der Waals surface area contributed by atoms with E-state index in [1.807, 2.05) is 13.8 Å². The average molecular weight is 308 g/mol. The van der Waals surface area contributed by atoms with Gasteiger partial charge in [-0.2, -0.15) is 0 Å². The van der Waals surface area contributed by atoms with Gasteiger partial charge < -0.3 is 15.6 Å². The summed E-state index contributed by atoms with van der Waals surface area (Å²) in [6.07, 6.45) is 0.0618. The molecule has 0 aliphatic carbocycles. The van der Waals surface area contributed by atoms with E-state index in [-0.39, 0.29) is 17.9 Å². The van der Waals surface area contributed by atoms with Crippen LogP contribution >= 0.6 is 11.3 Å². The summed E-state index contributed by atoms with van der Waals surface area (Å²) in [5, 5.41) is 1.09. The summed E-state index contributed by atoms with van der Waals surface area (Å²) in [6.45, 7) is 12.4. The van der Waals surface area contributed by atoms with Crippen LogP contribution in [0.3, 0.4) is 0 Å². The molecule has 1 aliphatic rings. The number of hydrogen-bond donors (Lipinski definition) is 1. The molecule has 2 unspecified atom stereocenters. The van der Waals surface area contributed by atoms with Crippen molar-refractivity contribution in [2.75, 3.05) is 0 Å². The standard InChI is InChI=1S/C16H21NO2S.H3N/c1-9-7-12(8-13-14(9)17-11(3)20-13)16(6)18-10(2)15(4,5)19-16;/h7-8,10H,1-6H3;1H3. The summed E-state index contributed by atoms with van der Waals surface area (Å²) >= 11 is 1.72. The number of thiazole rings is 1. The lowest BCUT2D eigenvalue weighted by molar-refractivity contribution is -0.179. The molecule has 4 nitrogen and oxygen atoms in total. The van der Waals surface area contributed by atoms with E-state index in [4.69, 9.17) is 9.47 Å². The highest BCUT2D eigenvalue weighted by Gasteiger charge is 2.48. The van der Waals surface area contributed by atoms with Crippen LogP contribution < -0.4 is 6.15 Å². The third-order valence-electron chi connectivity index (χ3n) is 4.16. The Morgan fingerprint density at radius 3 is 2.43 bits per heavy atom. The predicted molar refractivity (Wildman–Crippen MR) is 87.2 cm³/mol. The van der Waals surface area contributed by atoms with Gasteiger partial charge in [-0.3, -0.25) is 0 Å². The minimum Gasteiger partial charge on any atom is -0.344 e. The van der Waals surface area contributed by atoms with E-state index in [9.17, 15) is 0 Å². The van der Waals surface area contributed by atoms with Crippen LogP contribution in [-0.2, 0) is 15.3 Å². The number of nitrogens with zero attached hydrogens (tertiary/aromatic N) is 1. The van der Waals surface area contributed by atoms with E-state index in [0.29, 0.717) is 0 Å². The quantitative estimate of drug-likeness (QED) is 0.844. The van der Waals surface area contributed by atoms with Crippen LogP contribution in [0.5, 0.6) is 0 Å². The van der Waals surface area contributed by atoms with Gasteiger partial charge in [0, 0.05) is 5.56 Å². The Labute approximate surface area is 130 Å². The molecule has 3 N–H and O–H groups in total. The zero-order chi connectivity index (χ0) is 14.7. The maximum Gasteiger partial charge on any atom is 0.193 e. The molecule has 1 saturated heterocycles. The number of benzene rings is 1. The predicted octanol–water partition coefficient (Wildman–Crippen LogP) is 4.46. The summed E-state index contributed by atoms with van der Waals surface area (Å²) in [6, 6.07) is 4.29. The van der Waals surface area contributed by atoms with Gasteiger partial charge in [0.15, 0.2) is 5.79 Å². The largest absolute Gasteiger partial charge is 0.344 e. The molecule has 0 spiro atoms. The van der Waals surface area contributed by atoms with Gasteiger partial charge >= 0.3 is 0 Å². The third kappa shape index (κ3) is 2.59. The maximum atomic E-state index is 6.21. The molecular formula is C16H24N2O2S. The van der Waals surface area contributed by atoms with Crippen molar-refractivity contribution in [2.24, 2.45) is 0 Å². The molecule has 1 aromatic carbocycles. The summed E-state index contributed by atoms with van der Waals surface area (Å²) in [4.78, 5) is 4.58. The van der Waals surface area contributed by atoms with Gasteiger partial charge in [0.1, 0.15) is 0 Å². The Morgan fingerprint density at radius 2 is 1.86 bits per heavy atom. The van der Waals surface area contributed by atoms with E-state index < -0.39 is 5.79 Å². The molecule has 0 bridgehead atoms. The molecule has 21 heavy (non-hydrogen) atoms. The molecule has 2 aromatic rings. The monoisotopic (exact) mass is 308 g/mol. The Morgan fingerprint density at radius 1 is 1.19 bits per heavy atom. The lowest BCUT2D eigenvalue weighted by Gasteiger charge is -2.26. The van der Waals surface area contributed by atoms with E-state index in [0.717, 1.165) is 16.1 Å². The van der Waals surface area contributed by atoms with Crippen LogP contribution in [0.15, 0.2) is 12.1 Å². The van der Waals surface area contributed by atoms with Crippen molar-refractivity contribution in [1.82, 2.24) is 11.1 Å². The van der Waals surface area contributed by atoms with Gasteiger partial charge in [-0.05, 0) is 59.2 Å². The van der Waals surface area contributed by atoms with Gasteiger partial charge in [-0.25, -0.2) is 4.98 Å². The minimum atomic E-state index is -0.681. The van der Waals surface area contributed by atoms with Crippen molar-refractivity contribution in [1.29, 1.82) is 0 Å². The summed E-state index contributed by atoms with van der Waals surface area (Å²) in [5.41, 5.74) is 3.06. The van der Waals surface area contributed by atoms with Crippen molar-refractivity contribution in [3.8, 4) is 0 Å². The summed E-state index contributed by atoms with van der Waals surface area (Å²) < 4.78 is 13.5. The van der Waals surface area contributed by atoms with Crippen molar-refractivity contribution in [2.45, 2.75) is 59.0 Å². The minimum absolute atomic E-state index is 0. The molecule has 2 atom stereocenters. The molecule has 1 aromatic heterocycles. The molecule has 5 heteroatoms. The number of rotatable bonds is 1. The lowest BCUT2D eigenvalue weighted by atomic mass is 10.0. The molecule has 0 radical (unpaired) electrons. The number of ether oxygens (including phenoxy) is 2. The van der Waals surface area contributed by atoms with E-state index in [1.165, 1.54) is 10.3 Å². The molecular weight excluding hydrogens is 284 g/mol. The van der Waals surface area contributed by atoms with Crippen LogP contribution in [0.4, 0.5) is 0 Å². The summed E-state index contributed by atoms with van der Waals surface area (Å²) in [7, 11) is 0. The van der Waals surface area contributed by atoms with Gasteiger partial charge in [0.25, 0.3) is 0 Å². The van der Waals surface area contributed by atoms with Gasteiger partial charge in [-0.15, -0.1) is 11.3 Å². The second-order valence-corrected chi connectivity index (χ2v) is 7.52. The number of aromatic nitrogens is 1. The smallest absolute Gasteiger partial charge is 0.193 e. The first-order chi connectivity index (χ1) is 9.21. The first-order valence-electron chi connectivity index (χ1n) is 6.97. The highest BCUT2D eigenvalue weighted by Crippen LogP contribution is 2.44. The normalized spacial score (nSPS) is 27.8. The fraction of sp³-hybridized carbons (Fsp3) is 0.562. The second-order valence-electron chi connectivity index (χ2n) is 6.28. The van der Waals surface area contributed by atoms with Crippen LogP contribution in [0.2, 0.25) is 0 Å². The molecule has 1 fully saturated rings. The summed E-state index contributed by atoms with van der Waals surface area (Å²) in [5.74, 6) is -0.681. The molecule has 1 aliphatic heterocycles. The zero-order valence-corrected chi connectivity index (χ0v) is 14.4. The number of hydrogen-bond acceptors (Lipinski definition) is 5. The molecule has 116 valence electrons. The van der Waals surface area contributed by atoms with E-state index in [1.54, 1.807) is 11.3 Å². The van der Waals surface area contributed by atoms with Crippen molar-refractivity contribution in [3.05, 3.63) is 28.3 Å². The molecule has 0 saturated carbocycles. The van der Waals surface area contributed by atoms with E-state index >= 15 is 0 Å². The fourth-order valence-electron chi connectivity index (χ4n) is 2.79. The van der Waals surface area contributed by atoms with Crippen LogP contribution in [-0.4, -0.2) is 16.7 Å². The Hall–Kier alpha value is -1.01. The maximum absolute atomic E-state index is 6.21. The highest BCUT2D eigenvalue weighted by molar-refractivity contribution is 7.18. The van der Waals surface area contributed by atoms with Crippen LogP contribution in [0, 0.1) is 13.8 Å². The Kier molecular flexibility index (Phi) is 3.91. The topological polar surface area (TPSA) is 66.3 Å². The average Bonchev–Trinajstić information content (AvgIpc) is 2.77. The van der Waals surface area contributed by atoms with Crippen molar-refractivity contribution < 1.29 is 9.47 Å². The first kappa shape index (κ1) is 16.4. The first-order valence-corrected chi connectivity index (χ1v) is 7.79. The fourth-order valence-corrected chi connectivity index (χ4v) is 3.73. The van der Waals surface area contributed by atoms with Crippen LogP contribution in [0.25, 0.3) is 10.2 Å². The van der Waals surface area contributed by atoms with Gasteiger partial charge in [0.05, 0.1) is 26.9 Å². The molecule has 0 amide bonds. The number of fused-ring (bicyclic) bond motifs is 1. The van der Waals surface area contributed by atoms with Gasteiger partial charge in [0.2, 0.25) is 0 Å². The second kappa shape index (κ2) is 5.02. The Balaban J connectivity index is 0.00000161. The molecule has 2 heterocycles. The lowest BCUT2D eigenvalue weighted by Crippen LogP contribution is -2.31. The van der Waals surface area contributed by atoms with Crippen molar-refractivity contribution >= 4 is 21.6 Å². The SMILES string of the molecule is Cc1nc2c(C)cc(C3(C)OC(C)C(C)(C)O3)cc2s1.N. The third-order valence-corrected chi connectivity index (χ3v) is 5.07.